The molecule has 3 nitrogen and oxygen atoms in total. The smallest absolute Gasteiger partial charge is 0.270 e. The molecule has 0 saturated carbocycles. The highest BCUT2D eigenvalue weighted by Crippen LogP contribution is 2.26. The van der Waals surface area contributed by atoms with Crippen LogP contribution in [0.3, 0.4) is 0 Å². The van der Waals surface area contributed by atoms with Crippen molar-refractivity contribution in [3.05, 3.63) is 41.4 Å². The highest BCUT2D eigenvalue weighted by Gasteiger charge is 2.16. The van der Waals surface area contributed by atoms with Crippen molar-refractivity contribution in [3.63, 3.8) is 0 Å². The Morgan fingerprint density at radius 2 is 1.94 bits per heavy atom. The van der Waals surface area contributed by atoms with Crippen LogP contribution in [0.5, 0.6) is 0 Å². The minimum absolute atomic E-state index is 0.134. The molecule has 0 aromatic heterocycles. The summed E-state index contributed by atoms with van der Waals surface area (Å²) in [5, 5.41) is 1.87. The van der Waals surface area contributed by atoms with Crippen molar-refractivity contribution in [2.75, 3.05) is 7.11 Å². The van der Waals surface area contributed by atoms with E-state index in [4.69, 9.17) is 11.6 Å². The Morgan fingerprint density at radius 1 is 1.19 bits per heavy atom. The molecule has 0 aliphatic carbocycles. The largest absolute Gasteiger partial charge is 0.297 e. The summed E-state index contributed by atoms with van der Waals surface area (Å²) in [6.45, 7) is 0. The Hall–Kier alpha value is -1.10. The van der Waals surface area contributed by atoms with Crippen molar-refractivity contribution >= 4 is 32.5 Å². The summed E-state index contributed by atoms with van der Waals surface area (Å²) in [6.07, 6.45) is 0. The van der Waals surface area contributed by atoms with Crippen LogP contribution in [0.2, 0.25) is 5.02 Å². The van der Waals surface area contributed by atoms with Gasteiger partial charge < -0.3 is 0 Å². The minimum Gasteiger partial charge on any atom is -0.270 e. The van der Waals surface area contributed by atoms with E-state index in [0.29, 0.717) is 10.4 Å². The average Bonchev–Trinajstić information content (AvgIpc) is 2.28. The maximum absolute atomic E-state index is 11.7. The minimum atomic E-state index is -3.70. The maximum atomic E-state index is 11.7. The lowest BCUT2D eigenvalue weighted by Gasteiger charge is -2.06. The maximum Gasteiger partial charge on any atom is 0.297 e. The van der Waals surface area contributed by atoms with E-state index in [1.807, 2.05) is 6.07 Å². The molecule has 5 heteroatoms. The van der Waals surface area contributed by atoms with Crippen LogP contribution in [0, 0.1) is 0 Å². The third-order valence-electron chi connectivity index (χ3n) is 2.29. The fourth-order valence-electron chi connectivity index (χ4n) is 1.52. The zero-order valence-corrected chi connectivity index (χ0v) is 10.0. The summed E-state index contributed by atoms with van der Waals surface area (Å²) in [5.74, 6) is 0. The number of rotatable bonds is 2. The molecule has 16 heavy (non-hydrogen) atoms. The zero-order chi connectivity index (χ0) is 11.8. The van der Waals surface area contributed by atoms with Crippen LogP contribution in [-0.4, -0.2) is 15.5 Å². The molecule has 0 amide bonds. The Labute approximate surface area is 98.7 Å². The standard InChI is InChI=1S/C11H9ClO3S/c1-15-16(13,14)11-4-2-3-8-5-6-9(12)7-10(8)11/h2-7H,1H3. The van der Waals surface area contributed by atoms with Crippen LogP contribution in [0.15, 0.2) is 41.3 Å². The van der Waals surface area contributed by atoms with E-state index in [0.717, 1.165) is 12.5 Å². The molecular weight excluding hydrogens is 248 g/mol. The van der Waals surface area contributed by atoms with Gasteiger partial charge in [0.05, 0.1) is 7.11 Å². The van der Waals surface area contributed by atoms with Crippen molar-refractivity contribution in [1.82, 2.24) is 0 Å². The van der Waals surface area contributed by atoms with Gasteiger partial charge in [-0.05, 0) is 23.6 Å². The van der Waals surface area contributed by atoms with Gasteiger partial charge in [0.1, 0.15) is 4.90 Å². The lowest BCUT2D eigenvalue weighted by Crippen LogP contribution is -2.03. The van der Waals surface area contributed by atoms with Crippen LogP contribution in [0.1, 0.15) is 0 Å². The second-order valence-corrected chi connectivity index (χ2v) is 5.36. The van der Waals surface area contributed by atoms with E-state index < -0.39 is 10.1 Å². The van der Waals surface area contributed by atoms with Crippen molar-refractivity contribution in [1.29, 1.82) is 0 Å². The van der Waals surface area contributed by atoms with Crippen LogP contribution in [-0.2, 0) is 14.3 Å². The Kier molecular flexibility index (Phi) is 2.88. The number of halogens is 1. The van der Waals surface area contributed by atoms with Crippen molar-refractivity contribution in [2.24, 2.45) is 0 Å². The molecule has 0 atom stereocenters. The molecule has 0 aliphatic heterocycles. The van der Waals surface area contributed by atoms with Crippen molar-refractivity contribution in [3.8, 4) is 0 Å². The van der Waals surface area contributed by atoms with E-state index in [1.165, 1.54) is 6.07 Å². The van der Waals surface area contributed by atoms with Gasteiger partial charge in [-0.25, -0.2) is 0 Å². The number of hydrogen-bond donors (Lipinski definition) is 0. The van der Waals surface area contributed by atoms with Gasteiger partial charge >= 0.3 is 0 Å². The number of benzene rings is 2. The van der Waals surface area contributed by atoms with Gasteiger partial charge in [0.2, 0.25) is 0 Å². The highest BCUT2D eigenvalue weighted by molar-refractivity contribution is 7.87. The topological polar surface area (TPSA) is 43.4 Å². The molecule has 84 valence electrons. The van der Waals surface area contributed by atoms with Crippen LogP contribution < -0.4 is 0 Å². The molecule has 0 N–H and O–H groups in total. The first-order valence-electron chi connectivity index (χ1n) is 4.53. The van der Waals surface area contributed by atoms with Crippen molar-refractivity contribution in [2.45, 2.75) is 4.90 Å². The molecule has 0 spiro atoms. The predicted molar refractivity (Wildman–Crippen MR) is 63.2 cm³/mol. The first kappa shape index (κ1) is 11.4. The second kappa shape index (κ2) is 4.05. The van der Waals surface area contributed by atoms with Crippen LogP contribution >= 0.6 is 11.6 Å². The second-order valence-electron chi connectivity index (χ2n) is 3.24. The first-order valence-corrected chi connectivity index (χ1v) is 6.32. The molecule has 0 fully saturated rings. The fraction of sp³-hybridized carbons (Fsp3) is 0.0909. The summed E-state index contributed by atoms with van der Waals surface area (Å²) in [4.78, 5) is 0.134. The van der Waals surface area contributed by atoms with E-state index in [2.05, 4.69) is 4.18 Å². The highest BCUT2D eigenvalue weighted by atomic mass is 35.5. The molecule has 2 aromatic rings. The summed E-state index contributed by atoms with van der Waals surface area (Å²) in [6, 6.07) is 10.1. The SMILES string of the molecule is COS(=O)(=O)c1cccc2ccc(Cl)cc12. The van der Waals surface area contributed by atoms with Crippen molar-refractivity contribution < 1.29 is 12.6 Å². The Bertz CT molecular complexity index is 635. The fourth-order valence-corrected chi connectivity index (χ4v) is 2.57. The number of fused-ring (bicyclic) bond motifs is 1. The molecule has 0 heterocycles. The predicted octanol–water partition coefficient (Wildman–Crippen LogP) is 2.83. The summed E-state index contributed by atoms with van der Waals surface area (Å²) in [5.41, 5.74) is 0. The van der Waals surface area contributed by atoms with E-state index in [9.17, 15) is 8.42 Å². The lowest BCUT2D eigenvalue weighted by molar-refractivity contribution is 0.398. The summed E-state index contributed by atoms with van der Waals surface area (Å²) in [7, 11) is -2.56. The van der Waals surface area contributed by atoms with Gasteiger partial charge in [0.15, 0.2) is 0 Å². The van der Waals surface area contributed by atoms with E-state index in [-0.39, 0.29) is 4.90 Å². The Balaban J connectivity index is 2.85. The first-order chi connectivity index (χ1) is 7.54. The quantitative estimate of drug-likeness (QED) is 0.776. The molecule has 2 rings (SSSR count). The molecule has 0 aliphatic rings. The van der Waals surface area contributed by atoms with Gasteiger partial charge in [-0.1, -0.05) is 29.8 Å². The molecule has 0 radical (unpaired) electrons. The van der Waals surface area contributed by atoms with Gasteiger partial charge in [-0.2, -0.15) is 8.42 Å². The molecule has 0 bridgehead atoms. The summed E-state index contributed by atoms with van der Waals surface area (Å²) < 4.78 is 27.8. The van der Waals surface area contributed by atoms with Gasteiger partial charge in [0.25, 0.3) is 10.1 Å². The van der Waals surface area contributed by atoms with Crippen LogP contribution in [0.25, 0.3) is 10.8 Å². The monoisotopic (exact) mass is 256 g/mol. The summed E-state index contributed by atoms with van der Waals surface area (Å²) >= 11 is 5.85. The third kappa shape index (κ3) is 1.91. The van der Waals surface area contributed by atoms with E-state index in [1.54, 1.807) is 24.3 Å². The zero-order valence-electron chi connectivity index (χ0n) is 8.48. The molecule has 2 aromatic carbocycles. The van der Waals surface area contributed by atoms with Gasteiger partial charge in [0, 0.05) is 10.4 Å². The van der Waals surface area contributed by atoms with Crippen LogP contribution in [0.4, 0.5) is 0 Å². The Morgan fingerprint density at radius 3 is 2.62 bits per heavy atom. The molecular formula is C11H9ClO3S. The third-order valence-corrected chi connectivity index (χ3v) is 3.86. The lowest BCUT2D eigenvalue weighted by atomic mass is 10.1. The number of hydrogen-bond acceptors (Lipinski definition) is 3. The average molecular weight is 257 g/mol. The van der Waals surface area contributed by atoms with Gasteiger partial charge in [-0.3, -0.25) is 4.18 Å². The molecule has 0 unspecified atom stereocenters. The normalized spacial score (nSPS) is 11.9. The molecule has 0 saturated heterocycles. The van der Waals surface area contributed by atoms with Gasteiger partial charge in [-0.15, -0.1) is 0 Å². The van der Waals surface area contributed by atoms with E-state index >= 15 is 0 Å².